The van der Waals surface area contributed by atoms with E-state index >= 15 is 0 Å². The second kappa shape index (κ2) is 9.65. The number of hydrogen-bond donors (Lipinski definition) is 1. The molecule has 3 heterocycles. The third-order valence-electron chi connectivity index (χ3n) is 6.34. The van der Waals surface area contributed by atoms with Gasteiger partial charge in [-0.15, -0.1) is 0 Å². The molecule has 0 spiro atoms. The number of carbonyl (C=O) groups excluding carboxylic acids is 1. The Morgan fingerprint density at radius 3 is 2.53 bits per heavy atom. The summed E-state index contributed by atoms with van der Waals surface area (Å²) in [5.74, 6) is 1.88. The van der Waals surface area contributed by atoms with Gasteiger partial charge in [-0.25, -0.2) is 0 Å². The molecule has 7 heteroatoms. The van der Waals surface area contributed by atoms with E-state index in [1.54, 1.807) is 26.4 Å². The molecule has 1 fully saturated rings. The van der Waals surface area contributed by atoms with Crippen molar-refractivity contribution in [3.05, 3.63) is 77.9 Å². The molecular formula is C27H28N2O5. The summed E-state index contributed by atoms with van der Waals surface area (Å²) in [4.78, 5) is 15.4. The third kappa shape index (κ3) is 4.03. The number of furan rings is 2. The van der Waals surface area contributed by atoms with E-state index in [0.29, 0.717) is 28.5 Å². The SMILES string of the molecule is COc1cccc([C@H](c2oc3ccccc3c2NC(=O)c2ccco2)N2CCCCC2)c1OC. The summed E-state index contributed by atoms with van der Waals surface area (Å²) in [5.41, 5.74) is 2.27. The van der Waals surface area contributed by atoms with Crippen LogP contribution in [0.5, 0.6) is 11.5 Å². The highest BCUT2D eigenvalue weighted by Crippen LogP contribution is 2.46. The summed E-state index contributed by atoms with van der Waals surface area (Å²) in [7, 11) is 3.28. The zero-order valence-electron chi connectivity index (χ0n) is 19.4. The van der Waals surface area contributed by atoms with Crippen molar-refractivity contribution in [2.45, 2.75) is 25.3 Å². The van der Waals surface area contributed by atoms with Crippen LogP contribution in [0.15, 0.2) is 69.7 Å². The van der Waals surface area contributed by atoms with Crippen LogP contribution in [-0.2, 0) is 0 Å². The number of benzene rings is 2. The highest BCUT2D eigenvalue weighted by molar-refractivity contribution is 6.08. The largest absolute Gasteiger partial charge is 0.493 e. The lowest BCUT2D eigenvalue weighted by molar-refractivity contribution is 0.0996. The van der Waals surface area contributed by atoms with E-state index in [4.69, 9.17) is 18.3 Å². The van der Waals surface area contributed by atoms with Crippen molar-refractivity contribution in [1.29, 1.82) is 0 Å². The molecule has 0 saturated carbocycles. The number of nitrogens with one attached hydrogen (secondary N) is 1. The summed E-state index contributed by atoms with van der Waals surface area (Å²) in [6, 6.07) is 16.7. The van der Waals surface area contributed by atoms with E-state index in [1.807, 2.05) is 42.5 Å². The standard InChI is InChI=1S/C27H28N2O5/c1-31-21-13-8-11-19(25(21)32-2)24(29-15-6-3-7-16-29)26-23(18-10-4-5-12-20(18)34-26)28-27(30)22-14-9-17-33-22/h4-5,8-14,17,24H,3,6-7,15-16H2,1-2H3,(H,28,30)/t24-/m1/s1. The molecule has 7 nitrogen and oxygen atoms in total. The van der Waals surface area contributed by atoms with Crippen molar-refractivity contribution in [2.24, 2.45) is 0 Å². The highest BCUT2D eigenvalue weighted by atomic mass is 16.5. The maximum atomic E-state index is 13.0. The molecule has 0 radical (unpaired) electrons. The molecule has 34 heavy (non-hydrogen) atoms. The molecule has 0 unspecified atom stereocenters. The quantitative estimate of drug-likeness (QED) is 0.372. The number of piperidine rings is 1. The zero-order chi connectivity index (χ0) is 23.5. The van der Waals surface area contributed by atoms with Crippen LogP contribution in [0.1, 0.15) is 47.2 Å². The number of ether oxygens (including phenoxy) is 2. The fourth-order valence-electron chi connectivity index (χ4n) is 4.78. The predicted molar refractivity (Wildman–Crippen MR) is 130 cm³/mol. The Morgan fingerprint density at radius 2 is 1.79 bits per heavy atom. The van der Waals surface area contributed by atoms with E-state index in [-0.39, 0.29) is 17.7 Å². The number of nitrogens with zero attached hydrogens (tertiary/aromatic N) is 1. The van der Waals surface area contributed by atoms with Gasteiger partial charge in [0.2, 0.25) is 0 Å². The first kappa shape index (κ1) is 22.1. The lowest BCUT2D eigenvalue weighted by Gasteiger charge is -2.35. The number of methoxy groups -OCH3 is 2. The fraction of sp³-hybridized carbons (Fsp3) is 0.296. The molecule has 1 aliphatic heterocycles. The molecule has 0 aliphatic carbocycles. The number of anilines is 1. The Balaban J connectivity index is 1.70. The first-order valence-corrected chi connectivity index (χ1v) is 11.5. The van der Waals surface area contributed by atoms with Crippen LogP contribution >= 0.6 is 0 Å². The molecular weight excluding hydrogens is 432 g/mol. The van der Waals surface area contributed by atoms with Crippen molar-refractivity contribution in [1.82, 2.24) is 4.90 Å². The average molecular weight is 461 g/mol. The summed E-state index contributed by atoms with van der Waals surface area (Å²) in [6.45, 7) is 1.82. The van der Waals surface area contributed by atoms with Crippen LogP contribution in [0.25, 0.3) is 11.0 Å². The lowest BCUT2D eigenvalue weighted by atomic mass is 9.97. The normalized spacial score (nSPS) is 15.2. The van der Waals surface area contributed by atoms with Gasteiger partial charge in [0.1, 0.15) is 5.58 Å². The van der Waals surface area contributed by atoms with Gasteiger partial charge in [0.25, 0.3) is 5.91 Å². The number of amides is 1. The van der Waals surface area contributed by atoms with Crippen LogP contribution < -0.4 is 14.8 Å². The lowest BCUT2D eigenvalue weighted by Crippen LogP contribution is -2.35. The molecule has 1 atom stereocenters. The van der Waals surface area contributed by atoms with E-state index in [1.165, 1.54) is 12.7 Å². The minimum Gasteiger partial charge on any atom is -0.493 e. The van der Waals surface area contributed by atoms with Gasteiger partial charge in [0.15, 0.2) is 23.0 Å². The van der Waals surface area contributed by atoms with Gasteiger partial charge >= 0.3 is 0 Å². The van der Waals surface area contributed by atoms with Gasteiger partial charge in [-0.05, 0) is 56.3 Å². The molecule has 176 valence electrons. The van der Waals surface area contributed by atoms with Gasteiger partial charge in [0, 0.05) is 10.9 Å². The van der Waals surface area contributed by atoms with Gasteiger partial charge in [-0.1, -0.05) is 30.7 Å². The van der Waals surface area contributed by atoms with Gasteiger partial charge in [-0.3, -0.25) is 9.69 Å². The van der Waals surface area contributed by atoms with Crippen LogP contribution in [0, 0.1) is 0 Å². The van der Waals surface area contributed by atoms with Crippen molar-refractivity contribution < 1.29 is 23.1 Å². The monoisotopic (exact) mass is 460 g/mol. The van der Waals surface area contributed by atoms with Crippen molar-refractivity contribution in [3.8, 4) is 11.5 Å². The molecule has 5 rings (SSSR count). The molecule has 0 bridgehead atoms. The Labute approximate surface area is 198 Å². The molecule has 2 aromatic heterocycles. The number of fused-ring (bicyclic) bond motifs is 1. The van der Waals surface area contributed by atoms with Crippen molar-refractivity contribution in [2.75, 3.05) is 32.6 Å². The second-order valence-corrected chi connectivity index (χ2v) is 8.35. The number of hydrogen-bond acceptors (Lipinski definition) is 6. The van der Waals surface area contributed by atoms with E-state index in [0.717, 1.165) is 36.9 Å². The van der Waals surface area contributed by atoms with Crippen LogP contribution in [0.2, 0.25) is 0 Å². The number of para-hydroxylation sites is 2. The Morgan fingerprint density at radius 1 is 0.971 bits per heavy atom. The van der Waals surface area contributed by atoms with E-state index in [2.05, 4.69) is 10.2 Å². The van der Waals surface area contributed by atoms with Crippen LogP contribution in [-0.4, -0.2) is 38.1 Å². The minimum atomic E-state index is -0.326. The topological polar surface area (TPSA) is 77.1 Å². The zero-order valence-corrected chi connectivity index (χ0v) is 19.4. The number of carbonyl (C=O) groups is 1. The number of likely N-dealkylation sites (tertiary alicyclic amines) is 1. The van der Waals surface area contributed by atoms with Crippen molar-refractivity contribution in [3.63, 3.8) is 0 Å². The maximum Gasteiger partial charge on any atom is 0.291 e. The second-order valence-electron chi connectivity index (χ2n) is 8.35. The summed E-state index contributed by atoms with van der Waals surface area (Å²) in [5, 5.41) is 3.90. The molecule has 4 aromatic rings. The van der Waals surface area contributed by atoms with Crippen LogP contribution in [0.3, 0.4) is 0 Å². The molecule has 1 N–H and O–H groups in total. The highest BCUT2D eigenvalue weighted by Gasteiger charge is 2.34. The molecule has 1 amide bonds. The Bertz CT molecular complexity index is 1270. The summed E-state index contributed by atoms with van der Waals surface area (Å²) < 4.78 is 23.2. The van der Waals surface area contributed by atoms with E-state index < -0.39 is 0 Å². The average Bonchev–Trinajstić information content (AvgIpc) is 3.54. The Hall–Kier alpha value is -3.71. The van der Waals surface area contributed by atoms with Crippen LogP contribution in [0.4, 0.5) is 5.69 Å². The van der Waals surface area contributed by atoms with Gasteiger partial charge < -0.3 is 23.6 Å². The van der Waals surface area contributed by atoms with Gasteiger partial charge in [-0.2, -0.15) is 0 Å². The smallest absolute Gasteiger partial charge is 0.291 e. The molecule has 2 aromatic carbocycles. The molecule has 1 aliphatic rings. The van der Waals surface area contributed by atoms with Gasteiger partial charge in [0.05, 0.1) is 32.2 Å². The third-order valence-corrected chi connectivity index (χ3v) is 6.34. The number of rotatable bonds is 7. The molecule has 1 saturated heterocycles. The predicted octanol–water partition coefficient (Wildman–Crippen LogP) is 5.87. The first-order valence-electron chi connectivity index (χ1n) is 11.5. The summed E-state index contributed by atoms with van der Waals surface area (Å²) >= 11 is 0. The fourth-order valence-corrected chi connectivity index (χ4v) is 4.78. The maximum absolute atomic E-state index is 13.0. The Kier molecular flexibility index (Phi) is 6.27. The first-order chi connectivity index (χ1) is 16.7. The van der Waals surface area contributed by atoms with E-state index in [9.17, 15) is 4.79 Å². The van der Waals surface area contributed by atoms with Crippen molar-refractivity contribution >= 4 is 22.6 Å². The minimum absolute atomic E-state index is 0.240. The summed E-state index contributed by atoms with van der Waals surface area (Å²) in [6.07, 6.45) is 4.87.